The van der Waals surface area contributed by atoms with E-state index in [2.05, 4.69) is 4.72 Å². The van der Waals surface area contributed by atoms with Gasteiger partial charge in [-0.15, -0.1) is 0 Å². The predicted molar refractivity (Wildman–Crippen MR) is 119 cm³/mol. The van der Waals surface area contributed by atoms with Gasteiger partial charge in [-0.1, -0.05) is 66.7 Å². The molecule has 3 aromatic rings. The Morgan fingerprint density at radius 3 is 2.12 bits per heavy atom. The fraction of sp³-hybridized carbons (Fsp3) is 0.0909. The van der Waals surface area contributed by atoms with E-state index in [0.717, 1.165) is 16.7 Å². The molecule has 11 heteroatoms. The van der Waals surface area contributed by atoms with Crippen molar-refractivity contribution in [3.63, 3.8) is 0 Å². The normalized spacial score (nSPS) is 11.1. The minimum absolute atomic E-state index is 0.0333. The summed E-state index contributed by atoms with van der Waals surface area (Å²) in [7, 11) is -3.56. The van der Waals surface area contributed by atoms with E-state index in [-0.39, 0.29) is 11.6 Å². The number of alkyl halides is 3. The van der Waals surface area contributed by atoms with E-state index in [0.29, 0.717) is 11.3 Å². The van der Waals surface area contributed by atoms with E-state index in [1.165, 1.54) is 0 Å². The van der Waals surface area contributed by atoms with Gasteiger partial charge in [-0.3, -0.25) is 10.1 Å². The second kappa shape index (κ2) is 10.6. The number of carboxylic acids is 1. The van der Waals surface area contributed by atoms with Crippen molar-refractivity contribution in [1.82, 2.24) is 0 Å². The molecule has 0 bridgehead atoms. The number of para-hydroxylation sites is 1. The molecular weight excluding hydrogens is 459 g/mol. The average Bonchev–Trinajstić information content (AvgIpc) is 2.74. The van der Waals surface area contributed by atoms with E-state index in [1.807, 2.05) is 36.4 Å². The molecule has 0 aliphatic heterocycles. The lowest BCUT2D eigenvalue weighted by atomic mass is 10.0. The van der Waals surface area contributed by atoms with Gasteiger partial charge in [-0.05, 0) is 23.3 Å². The van der Waals surface area contributed by atoms with Gasteiger partial charge in [-0.25, -0.2) is 13.2 Å². The first-order valence-electron chi connectivity index (χ1n) is 9.27. The van der Waals surface area contributed by atoms with Gasteiger partial charge in [0.25, 0.3) is 0 Å². The topological polar surface area (TPSA) is 133 Å². The number of nitrogen functional groups attached to an aromatic ring is 1. The van der Waals surface area contributed by atoms with Crippen LogP contribution in [-0.4, -0.2) is 31.5 Å². The molecule has 5 N–H and O–H groups in total. The predicted octanol–water partition coefficient (Wildman–Crippen LogP) is 4.21. The highest BCUT2D eigenvalue weighted by molar-refractivity contribution is 7.91. The van der Waals surface area contributed by atoms with Gasteiger partial charge in [0.05, 0.1) is 11.4 Å². The van der Waals surface area contributed by atoms with Crippen LogP contribution in [0.5, 0.6) is 0 Å². The molecule has 0 radical (unpaired) electrons. The third-order valence-corrected chi connectivity index (χ3v) is 5.36. The molecule has 0 amide bonds. The number of anilines is 1. The summed E-state index contributed by atoms with van der Waals surface area (Å²) in [5, 5.41) is 14.7. The average molecular weight is 479 g/mol. The highest BCUT2D eigenvalue weighted by Gasteiger charge is 2.38. The molecule has 0 aliphatic carbocycles. The van der Waals surface area contributed by atoms with Crippen LogP contribution in [0.3, 0.4) is 0 Å². The zero-order valence-corrected chi connectivity index (χ0v) is 17.8. The number of rotatable bonds is 6. The van der Waals surface area contributed by atoms with Crippen LogP contribution in [0.1, 0.15) is 11.1 Å². The second-order valence-electron chi connectivity index (χ2n) is 6.69. The lowest BCUT2D eigenvalue weighted by Crippen LogP contribution is -2.21. The third-order valence-electron chi connectivity index (χ3n) is 4.12. The summed E-state index contributed by atoms with van der Waals surface area (Å²) in [6.07, 6.45) is -5.08. The Morgan fingerprint density at radius 1 is 0.970 bits per heavy atom. The first-order valence-corrected chi connectivity index (χ1v) is 10.9. The fourth-order valence-electron chi connectivity index (χ4n) is 2.68. The maximum Gasteiger partial charge on any atom is 0.490 e. The number of sulfonamides is 1. The number of hydrogen-bond donors (Lipinski definition) is 4. The number of aliphatic carboxylic acids is 1. The van der Waals surface area contributed by atoms with Crippen molar-refractivity contribution in [2.75, 3.05) is 4.72 Å². The van der Waals surface area contributed by atoms with Gasteiger partial charge < -0.3 is 10.8 Å². The van der Waals surface area contributed by atoms with Crippen molar-refractivity contribution in [1.29, 1.82) is 5.41 Å². The van der Waals surface area contributed by atoms with Crippen LogP contribution >= 0.6 is 0 Å². The van der Waals surface area contributed by atoms with Crippen LogP contribution in [0.15, 0.2) is 78.9 Å². The summed E-state index contributed by atoms with van der Waals surface area (Å²) in [5.74, 6) is -2.89. The van der Waals surface area contributed by atoms with Crippen molar-refractivity contribution in [3.8, 4) is 11.1 Å². The number of amidine groups is 1. The van der Waals surface area contributed by atoms with Crippen LogP contribution in [0.2, 0.25) is 0 Å². The largest absolute Gasteiger partial charge is 0.490 e. The van der Waals surface area contributed by atoms with Gasteiger partial charge >= 0.3 is 12.1 Å². The van der Waals surface area contributed by atoms with Crippen LogP contribution in [0.4, 0.5) is 18.9 Å². The van der Waals surface area contributed by atoms with Gasteiger partial charge in [-0.2, -0.15) is 13.2 Å². The Bertz CT molecular complexity index is 1230. The van der Waals surface area contributed by atoms with E-state index >= 15 is 0 Å². The van der Waals surface area contributed by atoms with E-state index < -0.39 is 22.2 Å². The number of hydrogen-bond acceptors (Lipinski definition) is 4. The Kier molecular flexibility index (Phi) is 8.19. The Balaban J connectivity index is 0.000000479. The van der Waals surface area contributed by atoms with Gasteiger partial charge in [0, 0.05) is 11.1 Å². The smallest absolute Gasteiger partial charge is 0.475 e. The molecule has 7 nitrogen and oxygen atoms in total. The lowest BCUT2D eigenvalue weighted by molar-refractivity contribution is -0.192. The highest BCUT2D eigenvalue weighted by Crippen LogP contribution is 2.29. The molecule has 33 heavy (non-hydrogen) atoms. The molecule has 0 aromatic heterocycles. The summed E-state index contributed by atoms with van der Waals surface area (Å²) in [4.78, 5) is 8.90. The summed E-state index contributed by atoms with van der Waals surface area (Å²) in [5.41, 5.74) is 8.87. The third kappa shape index (κ3) is 7.96. The number of carboxylic acid groups (broad SMARTS) is 1. The molecule has 0 heterocycles. The zero-order valence-electron chi connectivity index (χ0n) is 17.0. The van der Waals surface area contributed by atoms with E-state index in [9.17, 15) is 21.6 Å². The molecule has 3 rings (SSSR count). The molecule has 0 unspecified atom stereocenters. The van der Waals surface area contributed by atoms with Crippen LogP contribution in [0, 0.1) is 5.41 Å². The minimum atomic E-state index is -5.08. The van der Waals surface area contributed by atoms with Crippen molar-refractivity contribution in [2.24, 2.45) is 5.73 Å². The Morgan fingerprint density at radius 2 is 1.55 bits per heavy atom. The van der Waals surface area contributed by atoms with Crippen LogP contribution in [0.25, 0.3) is 11.1 Å². The highest BCUT2D eigenvalue weighted by atomic mass is 32.2. The molecule has 3 aromatic carbocycles. The number of nitrogens with two attached hydrogens (primary N) is 1. The van der Waals surface area contributed by atoms with Crippen molar-refractivity contribution >= 4 is 27.5 Å². The summed E-state index contributed by atoms with van der Waals surface area (Å²) in [6.45, 7) is 0. The first kappa shape index (κ1) is 25.4. The van der Waals surface area contributed by atoms with Crippen LogP contribution in [-0.2, 0) is 20.6 Å². The summed E-state index contributed by atoms with van der Waals surface area (Å²) < 4.78 is 59.5. The molecule has 174 valence electrons. The van der Waals surface area contributed by atoms with E-state index in [1.54, 1.807) is 42.5 Å². The quantitative estimate of drug-likeness (QED) is 0.310. The molecule has 0 saturated carbocycles. The summed E-state index contributed by atoms with van der Waals surface area (Å²) in [6, 6.07) is 23.4. The van der Waals surface area contributed by atoms with E-state index in [4.69, 9.17) is 21.0 Å². The number of carbonyl (C=O) groups is 1. The molecular formula is C22H20F3N3O4S. The molecule has 0 aliphatic rings. The maximum absolute atomic E-state index is 12.6. The van der Waals surface area contributed by atoms with Gasteiger partial charge in [0.2, 0.25) is 10.0 Å². The zero-order chi connectivity index (χ0) is 24.6. The van der Waals surface area contributed by atoms with Crippen molar-refractivity contribution in [3.05, 3.63) is 90.0 Å². The molecule has 0 saturated heterocycles. The Hall–Kier alpha value is -3.86. The lowest BCUT2D eigenvalue weighted by Gasteiger charge is -2.13. The minimum Gasteiger partial charge on any atom is -0.475 e. The standard InChI is InChI=1S/C20H19N3O2S.C2HF3O2/c21-20(22)17-10-6-9-16(13-17)18-11-4-5-12-19(18)23-26(24,25)14-15-7-2-1-3-8-15;3-2(4,5)1(6)7/h1-13,23H,14H2,(H3,21,22);(H,6,7). The molecule has 0 fully saturated rings. The second-order valence-corrected chi connectivity index (χ2v) is 8.41. The fourth-order valence-corrected chi connectivity index (χ4v) is 3.89. The molecule has 0 spiro atoms. The number of halogens is 3. The number of benzene rings is 3. The maximum atomic E-state index is 12.6. The van der Waals surface area contributed by atoms with Gasteiger partial charge in [0.1, 0.15) is 5.84 Å². The van der Waals surface area contributed by atoms with Gasteiger partial charge in [0.15, 0.2) is 0 Å². The monoisotopic (exact) mass is 479 g/mol. The first-order chi connectivity index (χ1) is 15.4. The Labute approximate surface area is 188 Å². The SMILES string of the molecule is N=C(N)c1cccc(-c2ccccc2NS(=O)(=O)Cc2ccccc2)c1.O=C(O)C(F)(F)F. The van der Waals surface area contributed by atoms with Crippen molar-refractivity contribution < 1.29 is 31.5 Å². The summed E-state index contributed by atoms with van der Waals surface area (Å²) >= 11 is 0. The molecule has 0 atom stereocenters. The van der Waals surface area contributed by atoms with Crippen LogP contribution < -0.4 is 10.5 Å². The number of nitrogens with one attached hydrogen (secondary N) is 2. The van der Waals surface area contributed by atoms with Crippen molar-refractivity contribution in [2.45, 2.75) is 11.9 Å².